The molecule has 9 heteroatoms. The van der Waals surface area contributed by atoms with E-state index in [1.807, 2.05) is 0 Å². The van der Waals surface area contributed by atoms with E-state index in [4.69, 9.17) is 4.74 Å². The molecule has 0 saturated heterocycles. The van der Waals surface area contributed by atoms with E-state index in [1.54, 1.807) is 13.0 Å². The van der Waals surface area contributed by atoms with Gasteiger partial charge in [-0.25, -0.2) is 9.48 Å². The smallest absolute Gasteiger partial charge is 0.343 e. The number of aromatic nitrogens is 4. The van der Waals surface area contributed by atoms with Crippen LogP contribution in [0.3, 0.4) is 0 Å². The minimum absolute atomic E-state index is 0.122. The highest BCUT2D eigenvalue weighted by molar-refractivity contribution is 5.99. The molecule has 9 nitrogen and oxygen atoms in total. The fourth-order valence-corrected chi connectivity index (χ4v) is 2.23. The molecule has 1 saturated carbocycles. The maximum Gasteiger partial charge on any atom is 0.343 e. The Kier molecular flexibility index (Phi) is 4.41. The highest BCUT2D eigenvalue weighted by Crippen LogP contribution is 2.38. The fourth-order valence-electron chi connectivity index (χ4n) is 2.23. The van der Waals surface area contributed by atoms with E-state index < -0.39 is 11.9 Å². The summed E-state index contributed by atoms with van der Waals surface area (Å²) in [6.45, 7) is 1.65. The van der Waals surface area contributed by atoms with Crippen LogP contribution in [0.1, 0.15) is 41.7 Å². The normalized spacial score (nSPS) is 13.5. The molecule has 0 bridgehead atoms. The first-order valence-electron chi connectivity index (χ1n) is 7.67. The lowest BCUT2D eigenvalue weighted by Gasteiger charge is -2.08. The number of H-pyrrole nitrogens is 1. The Balaban J connectivity index is 1.70. The zero-order chi connectivity index (χ0) is 17.1. The van der Waals surface area contributed by atoms with Crippen LogP contribution in [0.5, 0.6) is 0 Å². The minimum Gasteiger partial charge on any atom is -0.462 e. The van der Waals surface area contributed by atoms with Crippen molar-refractivity contribution in [2.45, 2.75) is 32.2 Å². The Morgan fingerprint density at radius 1 is 1.42 bits per heavy atom. The molecule has 126 valence electrons. The number of carbonyl (C=O) groups is 2. The monoisotopic (exact) mass is 331 g/mol. The Morgan fingerprint density at radius 3 is 2.92 bits per heavy atom. The van der Waals surface area contributed by atoms with Crippen molar-refractivity contribution in [2.75, 3.05) is 11.9 Å². The van der Waals surface area contributed by atoms with E-state index >= 15 is 0 Å². The van der Waals surface area contributed by atoms with Gasteiger partial charge in [-0.2, -0.15) is 10.2 Å². The first kappa shape index (κ1) is 15.9. The molecule has 2 heterocycles. The van der Waals surface area contributed by atoms with Gasteiger partial charge in [-0.1, -0.05) is 0 Å². The molecule has 0 atom stereocenters. The Bertz CT molecular complexity index is 821. The molecular weight excluding hydrogens is 314 g/mol. The summed E-state index contributed by atoms with van der Waals surface area (Å²) in [5, 5.41) is 13.0. The van der Waals surface area contributed by atoms with Crippen LogP contribution in [0.15, 0.2) is 23.1 Å². The van der Waals surface area contributed by atoms with Gasteiger partial charge in [0.25, 0.3) is 5.56 Å². The van der Waals surface area contributed by atoms with Crippen molar-refractivity contribution < 1.29 is 14.3 Å². The predicted octanol–water partition coefficient (Wildman–Crippen LogP) is 0.659. The number of nitrogens with zero attached hydrogens (tertiary/aromatic N) is 3. The molecule has 1 aliphatic carbocycles. The lowest BCUT2D eigenvalue weighted by Crippen LogP contribution is -2.30. The van der Waals surface area contributed by atoms with Gasteiger partial charge >= 0.3 is 5.97 Å². The topological polar surface area (TPSA) is 119 Å². The van der Waals surface area contributed by atoms with Gasteiger partial charge in [0.2, 0.25) is 5.91 Å². The van der Waals surface area contributed by atoms with Crippen LogP contribution in [-0.2, 0) is 16.1 Å². The van der Waals surface area contributed by atoms with Gasteiger partial charge in [-0.3, -0.25) is 14.7 Å². The molecular formula is C15H17N5O4. The van der Waals surface area contributed by atoms with Crippen molar-refractivity contribution in [2.24, 2.45) is 0 Å². The van der Waals surface area contributed by atoms with Crippen molar-refractivity contribution in [3.05, 3.63) is 39.9 Å². The van der Waals surface area contributed by atoms with E-state index in [9.17, 15) is 14.4 Å². The van der Waals surface area contributed by atoms with Crippen LogP contribution in [0.2, 0.25) is 0 Å². The molecule has 24 heavy (non-hydrogen) atoms. The Morgan fingerprint density at radius 2 is 2.21 bits per heavy atom. The van der Waals surface area contributed by atoms with Gasteiger partial charge < -0.3 is 10.1 Å². The fraction of sp³-hybridized carbons (Fsp3) is 0.400. The molecule has 0 unspecified atom stereocenters. The molecule has 2 aromatic heterocycles. The van der Waals surface area contributed by atoms with Crippen molar-refractivity contribution in [1.82, 2.24) is 20.0 Å². The summed E-state index contributed by atoms with van der Waals surface area (Å²) in [5.74, 6) is -0.576. The molecule has 0 radical (unpaired) electrons. The van der Waals surface area contributed by atoms with Crippen LogP contribution >= 0.6 is 0 Å². The summed E-state index contributed by atoms with van der Waals surface area (Å²) in [7, 11) is 0. The van der Waals surface area contributed by atoms with Crippen LogP contribution in [0.4, 0.5) is 5.82 Å². The zero-order valence-electron chi connectivity index (χ0n) is 13.1. The number of carbonyl (C=O) groups excluding carboxylic acids is 2. The van der Waals surface area contributed by atoms with Gasteiger partial charge in [0.15, 0.2) is 0 Å². The number of hydrogen-bond acceptors (Lipinski definition) is 6. The average Bonchev–Trinajstić information content (AvgIpc) is 3.29. The first-order valence-corrected chi connectivity index (χ1v) is 7.67. The molecule has 3 rings (SSSR count). The molecule has 1 fully saturated rings. The van der Waals surface area contributed by atoms with Crippen molar-refractivity contribution in [1.29, 1.82) is 0 Å². The second kappa shape index (κ2) is 6.65. The zero-order valence-corrected chi connectivity index (χ0v) is 13.1. The lowest BCUT2D eigenvalue weighted by atomic mass is 10.3. The van der Waals surface area contributed by atoms with Crippen molar-refractivity contribution in [3.8, 4) is 0 Å². The van der Waals surface area contributed by atoms with Gasteiger partial charge in [0.05, 0.1) is 18.5 Å². The molecule has 2 aromatic rings. The third-order valence-corrected chi connectivity index (χ3v) is 3.58. The van der Waals surface area contributed by atoms with Crippen molar-refractivity contribution >= 4 is 17.7 Å². The number of ether oxygens (including phenoxy) is 1. The van der Waals surface area contributed by atoms with Gasteiger partial charge in [0.1, 0.15) is 17.9 Å². The van der Waals surface area contributed by atoms with E-state index in [-0.39, 0.29) is 30.1 Å². The second-order valence-corrected chi connectivity index (χ2v) is 5.46. The lowest BCUT2D eigenvalue weighted by molar-refractivity contribution is -0.117. The minimum atomic E-state index is -0.590. The summed E-state index contributed by atoms with van der Waals surface area (Å²) in [6.07, 6.45) is 3.37. The largest absolute Gasteiger partial charge is 0.462 e. The van der Waals surface area contributed by atoms with Crippen LogP contribution in [-0.4, -0.2) is 38.5 Å². The third kappa shape index (κ3) is 3.50. The predicted molar refractivity (Wildman–Crippen MR) is 83.6 cm³/mol. The summed E-state index contributed by atoms with van der Waals surface area (Å²) >= 11 is 0. The van der Waals surface area contributed by atoms with Gasteiger partial charge in [-0.15, -0.1) is 0 Å². The summed E-state index contributed by atoms with van der Waals surface area (Å²) < 4.78 is 5.99. The van der Waals surface area contributed by atoms with E-state index in [2.05, 4.69) is 20.6 Å². The number of aromatic amines is 1. The highest BCUT2D eigenvalue weighted by Gasteiger charge is 2.26. The number of hydrogen-bond donors (Lipinski definition) is 2. The molecule has 1 aliphatic rings. The Labute approximate surface area is 137 Å². The third-order valence-electron chi connectivity index (χ3n) is 3.58. The van der Waals surface area contributed by atoms with E-state index in [1.165, 1.54) is 12.3 Å². The first-order chi connectivity index (χ1) is 11.6. The van der Waals surface area contributed by atoms with E-state index in [0.29, 0.717) is 5.92 Å². The number of esters is 1. The summed E-state index contributed by atoms with van der Waals surface area (Å²) in [4.78, 5) is 35.7. The van der Waals surface area contributed by atoms with Crippen molar-refractivity contribution in [3.63, 3.8) is 0 Å². The molecule has 0 aliphatic heterocycles. The second-order valence-electron chi connectivity index (χ2n) is 5.46. The Hall–Kier alpha value is -2.97. The number of anilines is 1. The quantitative estimate of drug-likeness (QED) is 0.751. The molecule has 2 N–H and O–H groups in total. The van der Waals surface area contributed by atoms with Gasteiger partial charge in [-0.05, 0) is 25.8 Å². The average molecular weight is 331 g/mol. The number of nitrogens with one attached hydrogen (secondary N) is 2. The SMILES string of the molecule is CCOC(=O)c1cn[nH]c1NC(=O)Cn1nc(C2CC2)ccc1=O. The molecule has 0 aromatic carbocycles. The maximum absolute atomic E-state index is 12.2. The van der Waals surface area contributed by atoms with Crippen LogP contribution in [0, 0.1) is 0 Å². The van der Waals surface area contributed by atoms with E-state index in [0.717, 1.165) is 23.2 Å². The highest BCUT2D eigenvalue weighted by atomic mass is 16.5. The van der Waals surface area contributed by atoms with Crippen LogP contribution in [0.25, 0.3) is 0 Å². The summed E-state index contributed by atoms with van der Waals surface area (Å²) in [5.41, 5.74) is 0.582. The molecule has 0 spiro atoms. The van der Waals surface area contributed by atoms with Gasteiger partial charge in [0, 0.05) is 12.0 Å². The standard InChI is InChI=1S/C15H17N5O4/c1-2-24-15(23)10-7-16-18-14(10)17-12(21)8-20-13(22)6-5-11(19-20)9-3-4-9/h5-7,9H,2-4,8H2,1H3,(H2,16,17,18,21). The number of rotatable bonds is 6. The van der Waals surface area contributed by atoms with Crippen LogP contribution < -0.4 is 10.9 Å². The maximum atomic E-state index is 12.2. The molecule has 1 amide bonds. The summed E-state index contributed by atoms with van der Waals surface area (Å²) in [6, 6.07) is 3.11. The number of amides is 1.